The van der Waals surface area contributed by atoms with Crippen LogP contribution in [0.2, 0.25) is 0 Å². The zero-order chi connectivity index (χ0) is 27.8. The summed E-state index contributed by atoms with van der Waals surface area (Å²) in [5.41, 5.74) is 0. The molecule has 224 valence electrons. The van der Waals surface area contributed by atoms with E-state index < -0.39 is 5.91 Å². The Labute approximate surface area is 225 Å². The average molecular weight is 554 g/mol. The zero-order valence-corrected chi connectivity index (χ0v) is 22.7. The molecule has 0 bridgehead atoms. The number of rotatable bonds is 31. The van der Waals surface area contributed by atoms with E-state index in [0.717, 1.165) is 13.0 Å². The molecule has 0 atom stereocenters. The fraction of sp³-hybridized carbons (Fsp3) is 0.875. The maximum absolute atomic E-state index is 11.5. The molecule has 0 aromatic carbocycles. The lowest BCUT2D eigenvalue weighted by Gasteiger charge is -2.09. The van der Waals surface area contributed by atoms with Gasteiger partial charge in [0.05, 0.1) is 112 Å². The maximum Gasteiger partial charge on any atom is 0.239 e. The zero-order valence-electron chi connectivity index (χ0n) is 22.7. The first-order chi connectivity index (χ1) is 18.7. The van der Waals surface area contributed by atoms with E-state index in [0.29, 0.717) is 112 Å². The minimum absolute atomic E-state index is 0.163. The van der Waals surface area contributed by atoms with Crippen molar-refractivity contribution in [1.82, 2.24) is 16.0 Å². The molecule has 0 aromatic rings. The second-order valence-electron chi connectivity index (χ2n) is 7.52. The Morgan fingerprint density at radius 1 is 0.500 bits per heavy atom. The molecule has 0 spiro atoms. The normalized spacial score (nSPS) is 10.9. The SMILES string of the molecule is CCCOCCOCCOCCOCCOCCOCCOCCOCCNC(=O)CNC(=O)CNC=O. The quantitative estimate of drug-likeness (QED) is 0.0677. The minimum atomic E-state index is -0.443. The highest BCUT2D eigenvalue weighted by atomic mass is 16.6. The summed E-state index contributed by atoms with van der Waals surface area (Å²) >= 11 is 0. The van der Waals surface area contributed by atoms with Crippen LogP contribution in [0.1, 0.15) is 13.3 Å². The number of hydrogen-bond acceptors (Lipinski definition) is 11. The molecule has 14 heteroatoms. The van der Waals surface area contributed by atoms with Gasteiger partial charge >= 0.3 is 0 Å². The molecule has 0 unspecified atom stereocenters. The molecule has 0 saturated heterocycles. The van der Waals surface area contributed by atoms with Crippen LogP contribution in [0, 0.1) is 0 Å². The monoisotopic (exact) mass is 553 g/mol. The van der Waals surface area contributed by atoms with E-state index in [1.165, 1.54) is 0 Å². The maximum atomic E-state index is 11.5. The number of carbonyl (C=O) groups excluding carboxylic acids is 3. The molecule has 0 aliphatic carbocycles. The number of amides is 3. The highest BCUT2D eigenvalue weighted by Crippen LogP contribution is 1.86. The topological polar surface area (TPSA) is 161 Å². The molecule has 0 aromatic heterocycles. The molecule has 0 aliphatic heterocycles. The van der Waals surface area contributed by atoms with Crippen LogP contribution in [-0.4, -0.2) is 144 Å². The van der Waals surface area contributed by atoms with Gasteiger partial charge in [-0.2, -0.15) is 0 Å². The summed E-state index contributed by atoms with van der Waals surface area (Å²) in [5.74, 6) is -0.786. The highest BCUT2D eigenvalue weighted by Gasteiger charge is 2.04. The third kappa shape index (κ3) is 30.3. The Morgan fingerprint density at radius 3 is 1.21 bits per heavy atom. The first kappa shape index (κ1) is 36.1. The fourth-order valence-electron chi connectivity index (χ4n) is 2.49. The van der Waals surface area contributed by atoms with Crippen molar-refractivity contribution in [2.45, 2.75) is 13.3 Å². The van der Waals surface area contributed by atoms with Crippen molar-refractivity contribution in [3.05, 3.63) is 0 Å². The predicted molar refractivity (Wildman–Crippen MR) is 137 cm³/mol. The van der Waals surface area contributed by atoms with Crippen molar-refractivity contribution in [2.75, 3.05) is 125 Å². The summed E-state index contributed by atoms with van der Waals surface area (Å²) in [7, 11) is 0. The van der Waals surface area contributed by atoms with E-state index in [1.54, 1.807) is 0 Å². The minimum Gasteiger partial charge on any atom is -0.379 e. The highest BCUT2D eigenvalue weighted by molar-refractivity contribution is 5.86. The Bertz CT molecular complexity index is 545. The lowest BCUT2D eigenvalue weighted by Crippen LogP contribution is -2.41. The van der Waals surface area contributed by atoms with E-state index in [9.17, 15) is 14.4 Å². The lowest BCUT2D eigenvalue weighted by molar-refractivity contribution is -0.126. The first-order valence-electron chi connectivity index (χ1n) is 13.0. The van der Waals surface area contributed by atoms with Crippen LogP contribution in [0.4, 0.5) is 0 Å². The molecule has 3 amide bonds. The van der Waals surface area contributed by atoms with E-state index in [2.05, 4.69) is 22.9 Å². The van der Waals surface area contributed by atoms with Gasteiger partial charge in [-0.15, -0.1) is 0 Å². The van der Waals surface area contributed by atoms with Crippen molar-refractivity contribution >= 4 is 18.2 Å². The molecule has 0 aliphatic rings. The van der Waals surface area contributed by atoms with Gasteiger partial charge in [0.15, 0.2) is 0 Å². The molecular weight excluding hydrogens is 506 g/mol. The molecular formula is C24H47N3O11. The summed E-state index contributed by atoms with van der Waals surface area (Å²) in [6.07, 6.45) is 1.43. The van der Waals surface area contributed by atoms with E-state index in [1.807, 2.05) is 0 Å². The van der Waals surface area contributed by atoms with Crippen LogP contribution in [-0.2, 0) is 52.3 Å². The van der Waals surface area contributed by atoms with Crippen molar-refractivity contribution < 1.29 is 52.3 Å². The Kier molecular flexibility index (Phi) is 29.7. The van der Waals surface area contributed by atoms with Crippen molar-refractivity contribution in [3.63, 3.8) is 0 Å². The summed E-state index contributed by atoms with van der Waals surface area (Å²) in [4.78, 5) is 32.8. The summed E-state index contributed by atoms with van der Waals surface area (Å²) in [6, 6.07) is 0. The molecule has 0 radical (unpaired) electrons. The van der Waals surface area contributed by atoms with Gasteiger partial charge in [0.2, 0.25) is 18.2 Å². The van der Waals surface area contributed by atoms with Crippen molar-refractivity contribution in [3.8, 4) is 0 Å². The van der Waals surface area contributed by atoms with Gasteiger partial charge in [0, 0.05) is 13.2 Å². The standard InChI is InChI=1S/C24H47N3O11/c1-2-4-31-6-8-33-10-12-35-14-16-37-18-19-38-17-15-36-13-11-34-9-7-32-5-3-26-24(30)21-27-23(29)20-25-22-28/h22H,2-21H2,1H3,(H,25,28)(H,26,30)(H,27,29). The Hall–Kier alpha value is -1.91. The number of nitrogens with one attached hydrogen (secondary N) is 3. The van der Waals surface area contributed by atoms with Crippen LogP contribution >= 0.6 is 0 Å². The summed E-state index contributed by atoms with van der Waals surface area (Å²) in [6.45, 7) is 10.1. The molecule has 0 fully saturated rings. The van der Waals surface area contributed by atoms with Gasteiger partial charge in [-0.3, -0.25) is 14.4 Å². The predicted octanol–water partition coefficient (Wildman–Crippen LogP) is -1.49. The Balaban J connectivity index is 3.14. The van der Waals surface area contributed by atoms with Crippen LogP contribution < -0.4 is 16.0 Å². The summed E-state index contributed by atoms with van der Waals surface area (Å²) in [5, 5.41) is 7.17. The molecule has 38 heavy (non-hydrogen) atoms. The smallest absolute Gasteiger partial charge is 0.239 e. The molecule has 0 heterocycles. The second-order valence-corrected chi connectivity index (χ2v) is 7.52. The molecule has 0 rings (SSSR count). The van der Waals surface area contributed by atoms with Gasteiger partial charge in [0.25, 0.3) is 0 Å². The number of hydrogen-bond donors (Lipinski definition) is 3. The lowest BCUT2D eigenvalue weighted by atomic mass is 10.5. The van der Waals surface area contributed by atoms with Crippen LogP contribution in [0.25, 0.3) is 0 Å². The van der Waals surface area contributed by atoms with E-state index in [-0.39, 0.29) is 19.0 Å². The third-order valence-corrected chi connectivity index (χ3v) is 4.31. The second kappa shape index (κ2) is 31.3. The summed E-state index contributed by atoms with van der Waals surface area (Å²) < 4.78 is 43.1. The third-order valence-electron chi connectivity index (χ3n) is 4.31. The first-order valence-corrected chi connectivity index (χ1v) is 13.0. The van der Waals surface area contributed by atoms with Crippen LogP contribution in [0.3, 0.4) is 0 Å². The Morgan fingerprint density at radius 2 is 0.842 bits per heavy atom. The number of carbonyl (C=O) groups is 3. The fourth-order valence-corrected chi connectivity index (χ4v) is 2.49. The average Bonchev–Trinajstić information content (AvgIpc) is 2.92. The van der Waals surface area contributed by atoms with Crippen molar-refractivity contribution in [2.24, 2.45) is 0 Å². The van der Waals surface area contributed by atoms with Gasteiger partial charge in [0.1, 0.15) is 0 Å². The van der Waals surface area contributed by atoms with E-state index in [4.69, 9.17) is 37.9 Å². The van der Waals surface area contributed by atoms with Gasteiger partial charge in [-0.1, -0.05) is 6.92 Å². The van der Waals surface area contributed by atoms with Gasteiger partial charge in [-0.25, -0.2) is 0 Å². The number of ether oxygens (including phenoxy) is 8. The van der Waals surface area contributed by atoms with Gasteiger partial charge < -0.3 is 53.8 Å². The molecule has 3 N–H and O–H groups in total. The molecule has 14 nitrogen and oxygen atoms in total. The largest absolute Gasteiger partial charge is 0.379 e. The molecule has 0 saturated carbocycles. The van der Waals surface area contributed by atoms with Crippen LogP contribution in [0.15, 0.2) is 0 Å². The van der Waals surface area contributed by atoms with Crippen LogP contribution in [0.5, 0.6) is 0 Å². The van der Waals surface area contributed by atoms with Crippen molar-refractivity contribution in [1.29, 1.82) is 0 Å². The van der Waals surface area contributed by atoms with Gasteiger partial charge in [-0.05, 0) is 6.42 Å². The van der Waals surface area contributed by atoms with E-state index >= 15 is 0 Å².